The van der Waals surface area contributed by atoms with Gasteiger partial charge in [0.1, 0.15) is 0 Å². The number of thioether (sulfide) groups is 4. The van der Waals surface area contributed by atoms with Crippen LogP contribution in [0.1, 0.15) is 29.2 Å². The zero-order chi connectivity index (χ0) is 23.7. The van der Waals surface area contributed by atoms with Gasteiger partial charge in [0, 0.05) is 60.6 Å². The van der Waals surface area contributed by atoms with Crippen LogP contribution in [0.5, 0.6) is 0 Å². The van der Waals surface area contributed by atoms with Crippen molar-refractivity contribution in [3.05, 3.63) is 35.4 Å². The third-order valence-corrected chi connectivity index (χ3v) is 7.87. The molecule has 2 aromatic rings. The SMILES string of the molecule is CSC(=NCCCN=C(NCCSCc1nc[nH]c1C)SC)NCCSCc1nc[nH]c1C.Cl.Cl.Cl.Cl. The standard InChI is InChI=1S/C21H36N8S4.4ClH/c1-16-18(28-14-26-16)12-32-10-8-24-20(30-3)22-6-5-7-23-21(31-4)25-9-11-33-13-19-17(2)27-15-29-19;;;;/h14-15H,5-13H2,1-4H3,(H,22,24)(H,23,25)(H,26,28)(H,27,29);4*1H. The van der Waals surface area contributed by atoms with Gasteiger partial charge in [-0.1, -0.05) is 23.5 Å². The van der Waals surface area contributed by atoms with E-state index in [4.69, 9.17) is 0 Å². The van der Waals surface area contributed by atoms with E-state index in [1.54, 1.807) is 36.2 Å². The van der Waals surface area contributed by atoms with Crippen LogP contribution in [0.2, 0.25) is 0 Å². The Kier molecular flexibility index (Phi) is 29.3. The maximum Gasteiger partial charge on any atom is 0.156 e. The molecule has 0 bridgehead atoms. The zero-order valence-corrected chi connectivity index (χ0v) is 28.1. The van der Waals surface area contributed by atoms with Crippen LogP contribution in [0.4, 0.5) is 0 Å². The van der Waals surface area contributed by atoms with Gasteiger partial charge >= 0.3 is 0 Å². The van der Waals surface area contributed by atoms with E-state index in [-0.39, 0.29) is 49.6 Å². The lowest BCUT2D eigenvalue weighted by atomic mass is 10.4. The molecule has 2 aromatic heterocycles. The predicted octanol–water partition coefficient (Wildman–Crippen LogP) is 5.61. The van der Waals surface area contributed by atoms with Gasteiger partial charge < -0.3 is 20.6 Å². The molecule has 2 rings (SSSR count). The fraction of sp³-hybridized carbons (Fsp3) is 0.619. The molecule has 0 aliphatic carbocycles. The molecule has 0 spiro atoms. The third-order valence-electron chi connectivity index (χ3n) is 4.61. The molecule has 0 amide bonds. The van der Waals surface area contributed by atoms with Gasteiger partial charge in [-0.15, -0.1) is 49.6 Å². The summed E-state index contributed by atoms with van der Waals surface area (Å²) in [6.07, 6.45) is 8.58. The van der Waals surface area contributed by atoms with Crippen LogP contribution in [0.15, 0.2) is 22.6 Å². The summed E-state index contributed by atoms with van der Waals surface area (Å²) >= 11 is 7.09. The number of aliphatic imine (C=N–C) groups is 2. The Balaban J connectivity index is -0.00000289. The van der Waals surface area contributed by atoms with Crippen molar-refractivity contribution in [3.8, 4) is 0 Å². The number of aromatic nitrogens is 4. The van der Waals surface area contributed by atoms with E-state index in [0.717, 1.165) is 88.7 Å². The molecular formula is C21H40Cl4N8S4. The number of nitrogens with one attached hydrogen (secondary N) is 4. The van der Waals surface area contributed by atoms with Gasteiger partial charge in [0.25, 0.3) is 0 Å². The Morgan fingerprint density at radius 3 is 1.49 bits per heavy atom. The topological polar surface area (TPSA) is 106 Å². The second kappa shape index (κ2) is 26.2. The van der Waals surface area contributed by atoms with E-state index in [1.807, 2.05) is 23.5 Å². The van der Waals surface area contributed by atoms with Crippen LogP contribution in [0.25, 0.3) is 0 Å². The van der Waals surface area contributed by atoms with Crippen molar-refractivity contribution < 1.29 is 0 Å². The van der Waals surface area contributed by atoms with Gasteiger partial charge in [-0.2, -0.15) is 23.5 Å². The molecule has 0 fully saturated rings. The van der Waals surface area contributed by atoms with Crippen LogP contribution in [-0.2, 0) is 11.5 Å². The molecule has 2 heterocycles. The minimum atomic E-state index is 0. The highest BCUT2D eigenvalue weighted by Crippen LogP contribution is 2.12. The molecule has 0 radical (unpaired) electrons. The van der Waals surface area contributed by atoms with Crippen LogP contribution >= 0.6 is 96.7 Å². The second-order valence-electron chi connectivity index (χ2n) is 7.04. The molecule has 0 atom stereocenters. The molecule has 216 valence electrons. The summed E-state index contributed by atoms with van der Waals surface area (Å²) in [6, 6.07) is 0. The molecule has 37 heavy (non-hydrogen) atoms. The predicted molar refractivity (Wildman–Crippen MR) is 180 cm³/mol. The minimum Gasteiger partial charge on any atom is -0.364 e. The molecule has 0 saturated heterocycles. The van der Waals surface area contributed by atoms with Gasteiger partial charge in [-0.05, 0) is 32.8 Å². The van der Waals surface area contributed by atoms with Crippen molar-refractivity contribution in [3.63, 3.8) is 0 Å². The summed E-state index contributed by atoms with van der Waals surface area (Å²) < 4.78 is 0. The first kappa shape index (κ1) is 41.4. The molecule has 0 saturated carbocycles. The molecule has 0 aliphatic rings. The number of H-pyrrole nitrogens is 2. The first-order valence-electron chi connectivity index (χ1n) is 10.9. The average Bonchev–Trinajstić information content (AvgIpc) is 3.42. The largest absolute Gasteiger partial charge is 0.364 e. The molecule has 4 N–H and O–H groups in total. The molecule has 0 unspecified atom stereocenters. The van der Waals surface area contributed by atoms with Crippen LogP contribution < -0.4 is 10.6 Å². The second-order valence-corrected chi connectivity index (χ2v) is 10.8. The Hall–Kier alpha value is -0.0800. The molecule has 0 aliphatic heterocycles. The van der Waals surface area contributed by atoms with Crippen molar-refractivity contribution in [1.29, 1.82) is 0 Å². The first-order valence-corrected chi connectivity index (χ1v) is 15.7. The van der Waals surface area contributed by atoms with E-state index >= 15 is 0 Å². The fourth-order valence-corrected chi connectivity index (χ4v) is 5.36. The number of nitrogens with zero attached hydrogens (tertiary/aromatic N) is 4. The average molecular weight is 675 g/mol. The highest BCUT2D eigenvalue weighted by atomic mass is 35.5. The van der Waals surface area contributed by atoms with Crippen LogP contribution in [0, 0.1) is 13.8 Å². The van der Waals surface area contributed by atoms with Crippen molar-refractivity contribution in [2.45, 2.75) is 31.8 Å². The lowest BCUT2D eigenvalue weighted by molar-refractivity contribution is 0.833. The molecule has 8 nitrogen and oxygen atoms in total. The summed E-state index contributed by atoms with van der Waals surface area (Å²) in [5.74, 6) is 3.93. The van der Waals surface area contributed by atoms with Crippen molar-refractivity contribution >= 4 is 107 Å². The summed E-state index contributed by atoms with van der Waals surface area (Å²) in [5.41, 5.74) is 4.59. The third kappa shape index (κ3) is 18.0. The van der Waals surface area contributed by atoms with Crippen molar-refractivity contribution in [2.75, 3.05) is 50.2 Å². The highest BCUT2D eigenvalue weighted by Gasteiger charge is 2.03. The van der Waals surface area contributed by atoms with E-state index in [0.29, 0.717) is 0 Å². The molecule has 16 heteroatoms. The number of rotatable bonds is 14. The Labute approximate surface area is 263 Å². The van der Waals surface area contributed by atoms with Crippen molar-refractivity contribution in [2.24, 2.45) is 9.98 Å². The van der Waals surface area contributed by atoms with Crippen LogP contribution in [0.3, 0.4) is 0 Å². The Morgan fingerprint density at radius 2 is 1.16 bits per heavy atom. The number of halogens is 4. The minimum absolute atomic E-state index is 0. The van der Waals surface area contributed by atoms with Gasteiger partial charge in [0.2, 0.25) is 0 Å². The summed E-state index contributed by atoms with van der Waals surface area (Å²) in [7, 11) is 0. The lowest BCUT2D eigenvalue weighted by Gasteiger charge is -2.08. The van der Waals surface area contributed by atoms with E-state index in [1.165, 1.54) is 0 Å². The van der Waals surface area contributed by atoms with Crippen LogP contribution in [-0.4, -0.2) is 80.5 Å². The Morgan fingerprint density at radius 1 is 0.757 bits per heavy atom. The number of hydrogen-bond donors (Lipinski definition) is 4. The van der Waals surface area contributed by atoms with Gasteiger partial charge in [-0.3, -0.25) is 9.98 Å². The zero-order valence-electron chi connectivity index (χ0n) is 21.6. The molecule has 0 aromatic carbocycles. The fourth-order valence-electron chi connectivity index (χ4n) is 2.68. The quantitative estimate of drug-likeness (QED) is 0.117. The highest BCUT2D eigenvalue weighted by molar-refractivity contribution is 8.13. The normalized spacial score (nSPS) is 11.0. The van der Waals surface area contributed by atoms with Gasteiger partial charge in [-0.25, -0.2) is 9.97 Å². The number of hydrogen-bond acceptors (Lipinski definition) is 8. The number of amidine groups is 2. The maximum atomic E-state index is 4.68. The number of aryl methyl sites for hydroxylation is 2. The summed E-state index contributed by atoms with van der Waals surface area (Å²) in [5, 5.41) is 8.87. The lowest BCUT2D eigenvalue weighted by Crippen LogP contribution is -2.24. The van der Waals surface area contributed by atoms with Crippen molar-refractivity contribution in [1.82, 2.24) is 30.6 Å². The van der Waals surface area contributed by atoms with E-state index in [9.17, 15) is 0 Å². The first-order chi connectivity index (χ1) is 16.1. The van der Waals surface area contributed by atoms with E-state index < -0.39 is 0 Å². The smallest absolute Gasteiger partial charge is 0.156 e. The summed E-state index contributed by atoms with van der Waals surface area (Å²) in [4.78, 5) is 24.3. The molecular weight excluding hydrogens is 634 g/mol. The van der Waals surface area contributed by atoms with Gasteiger partial charge in [0.05, 0.1) is 24.0 Å². The number of imidazole rings is 2. The maximum absolute atomic E-state index is 4.68. The summed E-state index contributed by atoms with van der Waals surface area (Å²) in [6.45, 7) is 7.51. The van der Waals surface area contributed by atoms with Gasteiger partial charge in [0.15, 0.2) is 10.3 Å². The monoisotopic (exact) mass is 672 g/mol. The number of aromatic amines is 2. The van der Waals surface area contributed by atoms with E-state index in [2.05, 4.69) is 66.9 Å². The Bertz CT molecular complexity index is 799.